The Labute approximate surface area is 150 Å². The second-order valence-corrected chi connectivity index (χ2v) is 7.21. The molecule has 0 aromatic heterocycles. The van der Waals surface area contributed by atoms with Gasteiger partial charge in [0.15, 0.2) is 0 Å². The van der Waals surface area contributed by atoms with E-state index < -0.39 is 35.5 Å². The van der Waals surface area contributed by atoms with Gasteiger partial charge < -0.3 is 9.84 Å². The van der Waals surface area contributed by atoms with Gasteiger partial charge in [0.05, 0.1) is 0 Å². The first-order valence-corrected chi connectivity index (χ1v) is 8.40. The zero-order valence-corrected chi connectivity index (χ0v) is 14.9. The molecule has 0 spiro atoms. The smallest absolute Gasteiger partial charge is 0.456 e. The molecular formula is C18H21N2O6+. The van der Waals surface area contributed by atoms with Gasteiger partial charge in [-0.15, -0.1) is 0 Å². The monoisotopic (exact) mass is 361 g/mol. The average Bonchev–Trinajstić information content (AvgIpc) is 3.14. The highest BCUT2D eigenvalue weighted by molar-refractivity contribution is 6.09. The summed E-state index contributed by atoms with van der Waals surface area (Å²) in [4.78, 5) is 43.5. The number of aliphatic hydroxyl groups excluding tert-OH is 1. The summed E-state index contributed by atoms with van der Waals surface area (Å²) in [6, 6.07) is 5.53. The number of hydrogen-bond donors (Lipinski definition) is 1. The van der Waals surface area contributed by atoms with Crippen molar-refractivity contribution in [1.29, 1.82) is 0 Å². The van der Waals surface area contributed by atoms with Gasteiger partial charge in [-0.05, 0) is 45.7 Å². The zero-order chi connectivity index (χ0) is 19.1. The maximum absolute atomic E-state index is 12.5. The van der Waals surface area contributed by atoms with Crippen molar-refractivity contribution < 1.29 is 33.8 Å². The number of carbonyl (C=O) groups excluding carboxylic acids is 3. The minimum absolute atomic E-state index is 0.244. The average molecular weight is 361 g/mol. The highest BCUT2D eigenvalue weighted by Gasteiger charge is 2.46. The van der Waals surface area contributed by atoms with Crippen LogP contribution < -0.4 is 0 Å². The molecule has 2 heterocycles. The molecule has 1 unspecified atom stereocenters. The van der Waals surface area contributed by atoms with E-state index in [9.17, 15) is 19.5 Å². The summed E-state index contributed by atoms with van der Waals surface area (Å²) in [5.74, 6) is -1.87. The van der Waals surface area contributed by atoms with Crippen LogP contribution in [0.1, 0.15) is 49.5 Å². The molecule has 2 aliphatic rings. The second kappa shape index (κ2) is 6.44. The molecule has 2 aliphatic heterocycles. The quantitative estimate of drug-likeness (QED) is 0.639. The Morgan fingerprint density at radius 3 is 2.50 bits per heavy atom. The van der Waals surface area contributed by atoms with Gasteiger partial charge in [0.2, 0.25) is 0 Å². The summed E-state index contributed by atoms with van der Waals surface area (Å²) in [6.45, 7) is 5.57. The van der Waals surface area contributed by atoms with Gasteiger partial charge in [0.25, 0.3) is 0 Å². The summed E-state index contributed by atoms with van der Waals surface area (Å²) in [6.07, 6.45) is 0.401. The third kappa shape index (κ3) is 3.26. The van der Waals surface area contributed by atoms with Crippen LogP contribution >= 0.6 is 0 Å². The topological polar surface area (TPSA) is 96.2 Å². The van der Waals surface area contributed by atoms with E-state index >= 15 is 0 Å². The third-order valence-corrected chi connectivity index (χ3v) is 4.11. The highest BCUT2D eigenvalue weighted by Crippen LogP contribution is 2.23. The molecule has 1 fully saturated rings. The SMILES string of the molecule is CC(C)(C)OC(=O)N1CCCC1C(=O)O[N+]1=C(O)c2ccccc2C1=O. The number of ether oxygens (including phenoxy) is 1. The fourth-order valence-electron chi connectivity index (χ4n) is 2.97. The highest BCUT2D eigenvalue weighted by atomic mass is 16.7. The van der Waals surface area contributed by atoms with Gasteiger partial charge in [-0.2, -0.15) is 4.84 Å². The first-order valence-electron chi connectivity index (χ1n) is 8.40. The van der Waals surface area contributed by atoms with Crippen molar-refractivity contribution in [1.82, 2.24) is 4.90 Å². The third-order valence-electron chi connectivity index (χ3n) is 4.11. The number of hydrogen-bond acceptors (Lipinski definition) is 5. The molecule has 138 valence electrons. The molecule has 3 rings (SSSR count). The fraction of sp³-hybridized carbons (Fsp3) is 0.444. The molecule has 26 heavy (non-hydrogen) atoms. The van der Waals surface area contributed by atoms with Gasteiger partial charge in [-0.25, -0.2) is 14.4 Å². The van der Waals surface area contributed by atoms with Crippen molar-refractivity contribution in [2.24, 2.45) is 0 Å². The number of aliphatic hydroxyl groups is 1. The normalized spacial score (nSPS) is 19.6. The summed E-state index contributed by atoms with van der Waals surface area (Å²) in [7, 11) is 0. The number of amides is 2. The van der Waals surface area contributed by atoms with E-state index in [4.69, 9.17) is 9.57 Å². The van der Waals surface area contributed by atoms with E-state index in [1.54, 1.807) is 39.0 Å². The lowest BCUT2D eigenvalue weighted by Crippen LogP contribution is -2.45. The van der Waals surface area contributed by atoms with Crippen LogP contribution in [0.5, 0.6) is 0 Å². The number of hydroxylamine groups is 1. The first-order chi connectivity index (χ1) is 12.2. The Balaban J connectivity index is 1.75. The Morgan fingerprint density at radius 2 is 1.88 bits per heavy atom. The van der Waals surface area contributed by atoms with Crippen LogP contribution in [0.3, 0.4) is 0 Å². The van der Waals surface area contributed by atoms with Gasteiger partial charge in [0, 0.05) is 6.54 Å². The number of nitrogens with zero attached hydrogens (tertiary/aromatic N) is 2. The maximum atomic E-state index is 12.5. The largest absolute Gasteiger partial charge is 0.472 e. The van der Waals surface area contributed by atoms with E-state index in [1.165, 1.54) is 11.0 Å². The molecule has 1 aromatic rings. The van der Waals surface area contributed by atoms with Crippen LogP contribution in [-0.2, 0) is 14.4 Å². The molecule has 0 saturated carbocycles. The molecule has 0 bridgehead atoms. The molecule has 8 nitrogen and oxygen atoms in total. The van der Waals surface area contributed by atoms with Crippen LogP contribution in [0.4, 0.5) is 4.79 Å². The van der Waals surface area contributed by atoms with Crippen molar-refractivity contribution in [3.05, 3.63) is 35.4 Å². The van der Waals surface area contributed by atoms with E-state index in [2.05, 4.69) is 0 Å². The predicted octanol–water partition coefficient (Wildman–Crippen LogP) is 2.02. The van der Waals surface area contributed by atoms with Crippen LogP contribution in [0.2, 0.25) is 0 Å². The van der Waals surface area contributed by atoms with Crippen molar-refractivity contribution >= 4 is 23.9 Å². The number of rotatable bonds is 2. The summed E-state index contributed by atoms with van der Waals surface area (Å²) in [5, 5.41) is 10.2. The van der Waals surface area contributed by atoms with E-state index in [0.29, 0.717) is 29.7 Å². The maximum Gasteiger partial charge on any atom is 0.472 e. The molecule has 1 aromatic carbocycles. The first kappa shape index (κ1) is 17.9. The Hall–Kier alpha value is -2.90. The van der Waals surface area contributed by atoms with Crippen LogP contribution in [0.25, 0.3) is 0 Å². The molecule has 0 radical (unpaired) electrons. The van der Waals surface area contributed by atoms with Crippen LogP contribution in [0, 0.1) is 0 Å². The van der Waals surface area contributed by atoms with E-state index in [1.807, 2.05) is 0 Å². The number of fused-ring (bicyclic) bond motifs is 1. The summed E-state index contributed by atoms with van der Waals surface area (Å²) < 4.78 is 5.88. The van der Waals surface area contributed by atoms with Gasteiger partial charge >= 0.3 is 23.9 Å². The van der Waals surface area contributed by atoms with Gasteiger partial charge in [0.1, 0.15) is 27.5 Å². The summed E-state index contributed by atoms with van der Waals surface area (Å²) in [5.41, 5.74) is -0.152. The van der Waals surface area contributed by atoms with Crippen molar-refractivity contribution in [2.45, 2.75) is 45.3 Å². The standard InChI is InChI=1S/C18H20N2O6/c1-18(2,3)25-17(24)19-10-6-9-13(19)16(23)26-20-14(21)11-7-4-5-8-12(11)15(20)22/h4-5,7-8,13H,6,9-10H2,1-3H3/p+1. The predicted molar refractivity (Wildman–Crippen MR) is 89.8 cm³/mol. The van der Waals surface area contributed by atoms with Crippen LogP contribution in [-0.4, -0.2) is 56.8 Å². The second-order valence-electron chi connectivity index (χ2n) is 7.21. The molecule has 0 aliphatic carbocycles. The molecule has 2 amide bonds. The number of carbonyl (C=O) groups is 3. The number of likely N-dealkylation sites (tertiary alicyclic amines) is 1. The van der Waals surface area contributed by atoms with Crippen LogP contribution in [0.15, 0.2) is 24.3 Å². The fourth-order valence-corrected chi connectivity index (χ4v) is 2.97. The minimum atomic E-state index is -0.867. The zero-order valence-electron chi connectivity index (χ0n) is 14.9. The van der Waals surface area contributed by atoms with Gasteiger partial charge in [-0.3, -0.25) is 4.90 Å². The van der Waals surface area contributed by atoms with Crippen molar-refractivity contribution in [3.63, 3.8) is 0 Å². The molecule has 1 saturated heterocycles. The summed E-state index contributed by atoms with van der Waals surface area (Å²) >= 11 is 0. The molecular weight excluding hydrogens is 340 g/mol. The number of benzene rings is 1. The Morgan fingerprint density at radius 1 is 1.23 bits per heavy atom. The minimum Gasteiger partial charge on any atom is -0.456 e. The molecule has 1 N–H and O–H groups in total. The van der Waals surface area contributed by atoms with Crippen molar-refractivity contribution in [2.75, 3.05) is 6.54 Å². The lowest BCUT2D eigenvalue weighted by molar-refractivity contribution is -0.688. The Kier molecular flexibility index (Phi) is 4.43. The van der Waals surface area contributed by atoms with Gasteiger partial charge in [-0.1, -0.05) is 12.1 Å². The van der Waals surface area contributed by atoms with Crippen molar-refractivity contribution in [3.8, 4) is 0 Å². The van der Waals surface area contributed by atoms with E-state index in [-0.39, 0.29) is 5.56 Å². The molecule has 8 heteroatoms. The lowest BCUT2D eigenvalue weighted by atomic mass is 10.1. The van der Waals surface area contributed by atoms with E-state index in [0.717, 1.165) is 0 Å². The molecule has 1 atom stereocenters. The lowest BCUT2D eigenvalue weighted by Gasteiger charge is -2.26. The Bertz CT molecular complexity index is 808.